The first kappa shape index (κ1) is 22.0. The Bertz CT molecular complexity index is 1200. The molecule has 174 valence electrons. The summed E-state index contributed by atoms with van der Waals surface area (Å²) in [6.07, 6.45) is 6.88. The molecule has 1 N–H and O–H groups in total. The van der Waals surface area contributed by atoms with Crippen LogP contribution < -0.4 is 4.90 Å². The highest BCUT2D eigenvalue weighted by Crippen LogP contribution is 2.40. The van der Waals surface area contributed by atoms with Crippen molar-refractivity contribution < 1.29 is 23.8 Å². The van der Waals surface area contributed by atoms with Crippen molar-refractivity contribution in [1.29, 1.82) is 0 Å². The third-order valence-corrected chi connectivity index (χ3v) is 7.54. The lowest BCUT2D eigenvalue weighted by atomic mass is 9.81. The Balaban J connectivity index is 1.67. The summed E-state index contributed by atoms with van der Waals surface area (Å²) in [5, 5.41) is 11.3. The molecule has 0 radical (unpaired) electrons. The van der Waals surface area contributed by atoms with E-state index in [1.54, 1.807) is 6.07 Å². The average Bonchev–Trinajstić information content (AvgIpc) is 3.16. The zero-order chi connectivity index (χ0) is 23.1. The fraction of sp³-hybridized carbons (Fsp3) is 0.481. The van der Waals surface area contributed by atoms with Crippen LogP contribution in [-0.2, 0) is 16.1 Å². The number of hydrogen-bond acceptors (Lipinski definition) is 5. The van der Waals surface area contributed by atoms with Gasteiger partial charge in [-0.2, -0.15) is 0 Å². The van der Waals surface area contributed by atoms with Crippen LogP contribution in [0.4, 0.5) is 5.69 Å². The fourth-order valence-electron chi connectivity index (χ4n) is 5.27. The molecule has 2 aliphatic carbocycles. The second-order valence-electron chi connectivity index (χ2n) is 9.70. The van der Waals surface area contributed by atoms with Gasteiger partial charge in [0.1, 0.15) is 11.2 Å². The number of amides is 1. The van der Waals surface area contributed by atoms with Gasteiger partial charge in [0.25, 0.3) is 0 Å². The Hall–Kier alpha value is -2.86. The normalized spacial score (nSPS) is 21.2. The van der Waals surface area contributed by atoms with Gasteiger partial charge in [-0.15, -0.1) is 0 Å². The Morgan fingerprint density at radius 3 is 2.39 bits per heavy atom. The van der Waals surface area contributed by atoms with E-state index in [0.717, 1.165) is 61.3 Å². The molecule has 0 aliphatic heterocycles. The van der Waals surface area contributed by atoms with Crippen LogP contribution in [0.3, 0.4) is 0 Å². The quantitative estimate of drug-likeness (QED) is 0.515. The topological polar surface area (TPSA) is 80.0 Å². The number of rotatable bonds is 5. The standard InChI is InChI=1S/C27H31NO5/c1-16-6-9-18(10-7-16)26(30)28(19-4-3-5-19)23-13-21-20-12-17(15-29)8-11-24(20)33-25(21)14-22(23)27(31)32-2/h8,11-14,16,18-19,29H,3-7,9-10,15H2,1-2H3/t16-,18-. The number of carbonyl (C=O) groups excluding carboxylic acids is 2. The highest BCUT2D eigenvalue weighted by Gasteiger charge is 2.37. The lowest BCUT2D eigenvalue weighted by Crippen LogP contribution is -2.48. The number of furan rings is 1. The molecule has 1 aromatic heterocycles. The molecule has 3 aromatic rings. The Labute approximate surface area is 193 Å². The molecule has 1 heterocycles. The van der Waals surface area contributed by atoms with Gasteiger partial charge < -0.3 is 19.2 Å². The lowest BCUT2D eigenvalue weighted by molar-refractivity contribution is -0.124. The van der Waals surface area contributed by atoms with E-state index < -0.39 is 5.97 Å². The smallest absolute Gasteiger partial charge is 0.340 e. The number of aliphatic hydroxyl groups excluding tert-OH is 1. The lowest BCUT2D eigenvalue weighted by Gasteiger charge is -2.41. The summed E-state index contributed by atoms with van der Waals surface area (Å²) in [6.45, 7) is 2.18. The number of hydrogen-bond donors (Lipinski definition) is 1. The number of ether oxygens (including phenoxy) is 1. The number of nitrogens with zero attached hydrogens (tertiary/aromatic N) is 1. The van der Waals surface area contributed by atoms with Crippen LogP contribution in [0.15, 0.2) is 34.7 Å². The van der Waals surface area contributed by atoms with Gasteiger partial charge in [-0.25, -0.2) is 4.79 Å². The van der Waals surface area contributed by atoms with Gasteiger partial charge in [0.2, 0.25) is 5.91 Å². The van der Waals surface area contributed by atoms with Crippen molar-refractivity contribution in [3.05, 3.63) is 41.5 Å². The van der Waals surface area contributed by atoms with Crippen LogP contribution in [0.25, 0.3) is 21.9 Å². The van der Waals surface area contributed by atoms with Crippen LogP contribution in [0, 0.1) is 11.8 Å². The molecule has 0 bridgehead atoms. The minimum Gasteiger partial charge on any atom is -0.465 e. The maximum atomic E-state index is 13.9. The maximum Gasteiger partial charge on any atom is 0.340 e. The van der Waals surface area contributed by atoms with Crippen molar-refractivity contribution >= 4 is 39.5 Å². The molecule has 1 amide bonds. The number of fused-ring (bicyclic) bond motifs is 3. The molecular formula is C27H31NO5. The van der Waals surface area contributed by atoms with Crippen LogP contribution >= 0.6 is 0 Å². The highest BCUT2D eigenvalue weighted by atomic mass is 16.5. The number of methoxy groups -OCH3 is 1. The van der Waals surface area contributed by atoms with Crippen molar-refractivity contribution in [1.82, 2.24) is 0 Å². The highest BCUT2D eigenvalue weighted by molar-refractivity contribution is 6.12. The van der Waals surface area contributed by atoms with Crippen molar-refractivity contribution in [2.45, 2.75) is 64.5 Å². The second kappa shape index (κ2) is 8.82. The van der Waals surface area contributed by atoms with Crippen molar-refractivity contribution in [3.8, 4) is 0 Å². The minimum atomic E-state index is -0.474. The van der Waals surface area contributed by atoms with Gasteiger partial charge in [-0.1, -0.05) is 13.0 Å². The van der Waals surface area contributed by atoms with Crippen LogP contribution in [-0.4, -0.2) is 30.1 Å². The van der Waals surface area contributed by atoms with Gasteiger partial charge in [-0.3, -0.25) is 4.79 Å². The Morgan fingerprint density at radius 1 is 1.03 bits per heavy atom. The van der Waals surface area contributed by atoms with Crippen molar-refractivity contribution in [2.75, 3.05) is 12.0 Å². The summed E-state index contributed by atoms with van der Waals surface area (Å²) >= 11 is 0. The summed E-state index contributed by atoms with van der Waals surface area (Å²) in [4.78, 5) is 28.6. The molecule has 2 fully saturated rings. The first-order chi connectivity index (χ1) is 16.0. The SMILES string of the molecule is COC(=O)c1cc2oc3ccc(CO)cc3c2cc1N(C(=O)[C@H]1CC[C@H](C)CC1)C1CCC1. The van der Waals surface area contributed by atoms with Gasteiger partial charge in [0.15, 0.2) is 0 Å². The van der Waals surface area contributed by atoms with E-state index in [-0.39, 0.29) is 24.5 Å². The summed E-state index contributed by atoms with van der Waals surface area (Å²) in [5.41, 5.74) is 3.00. The third kappa shape index (κ3) is 3.90. The van der Waals surface area contributed by atoms with Crippen LogP contribution in [0.1, 0.15) is 67.8 Å². The van der Waals surface area contributed by atoms with Crippen molar-refractivity contribution in [2.24, 2.45) is 11.8 Å². The zero-order valence-electron chi connectivity index (χ0n) is 19.3. The van der Waals surface area contributed by atoms with E-state index in [0.29, 0.717) is 28.3 Å². The number of aliphatic hydroxyl groups is 1. The molecule has 2 aromatic carbocycles. The molecule has 2 aliphatic rings. The summed E-state index contributed by atoms with van der Waals surface area (Å²) < 4.78 is 11.1. The molecule has 6 heteroatoms. The van der Waals surface area contributed by atoms with E-state index >= 15 is 0 Å². The third-order valence-electron chi connectivity index (χ3n) is 7.54. The largest absolute Gasteiger partial charge is 0.465 e. The molecule has 6 nitrogen and oxygen atoms in total. The van der Waals surface area contributed by atoms with Crippen molar-refractivity contribution in [3.63, 3.8) is 0 Å². The number of benzene rings is 2. The molecule has 0 saturated heterocycles. The fourth-order valence-corrected chi connectivity index (χ4v) is 5.27. The second-order valence-corrected chi connectivity index (χ2v) is 9.70. The van der Waals surface area contributed by atoms with Crippen LogP contribution in [0.5, 0.6) is 0 Å². The van der Waals surface area contributed by atoms with E-state index in [2.05, 4.69) is 6.92 Å². The molecule has 0 atom stereocenters. The molecule has 0 spiro atoms. The summed E-state index contributed by atoms with van der Waals surface area (Å²) in [5.74, 6) is 0.300. The average molecular weight is 450 g/mol. The van der Waals surface area contributed by atoms with Gasteiger partial charge in [-0.05, 0) is 80.7 Å². The van der Waals surface area contributed by atoms with E-state index in [4.69, 9.17) is 9.15 Å². The predicted molar refractivity (Wildman–Crippen MR) is 127 cm³/mol. The van der Waals surface area contributed by atoms with E-state index in [1.807, 2.05) is 29.2 Å². The van der Waals surface area contributed by atoms with E-state index in [1.165, 1.54) is 7.11 Å². The first-order valence-electron chi connectivity index (χ1n) is 12.0. The molecule has 0 unspecified atom stereocenters. The Morgan fingerprint density at radius 2 is 1.76 bits per heavy atom. The zero-order valence-corrected chi connectivity index (χ0v) is 19.3. The number of anilines is 1. The van der Waals surface area contributed by atoms with Crippen LogP contribution in [0.2, 0.25) is 0 Å². The first-order valence-corrected chi connectivity index (χ1v) is 12.0. The summed E-state index contributed by atoms with van der Waals surface area (Å²) in [7, 11) is 1.36. The predicted octanol–water partition coefficient (Wildman–Crippen LogP) is 5.58. The maximum absolute atomic E-state index is 13.9. The summed E-state index contributed by atoms with van der Waals surface area (Å²) in [6, 6.07) is 9.27. The molecule has 5 rings (SSSR count). The van der Waals surface area contributed by atoms with E-state index in [9.17, 15) is 14.7 Å². The number of carbonyl (C=O) groups is 2. The minimum absolute atomic E-state index is 0.00919. The Kier molecular flexibility index (Phi) is 5.87. The van der Waals surface area contributed by atoms with Gasteiger partial charge in [0, 0.05) is 22.7 Å². The monoisotopic (exact) mass is 449 g/mol. The molecule has 33 heavy (non-hydrogen) atoms. The van der Waals surface area contributed by atoms with Gasteiger partial charge >= 0.3 is 5.97 Å². The number of esters is 1. The molecular weight excluding hydrogens is 418 g/mol. The molecule has 2 saturated carbocycles. The van der Waals surface area contributed by atoms with Gasteiger partial charge in [0.05, 0.1) is 25.0 Å².